The Bertz CT molecular complexity index is 367. The first kappa shape index (κ1) is 12.4. The van der Waals surface area contributed by atoms with Crippen molar-refractivity contribution in [1.29, 1.82) is 0 Å². The molecule has 0 saturated carbocycles. The summed E-state index contributed by atoms with van der Waals surface area (Å²) in [5, 5.41) is 3.33. The van der Waals surface area contributed by atoms with Crippen LogP contribution in [0.5, 0.6) is 0 Å². The monoisotopic (exact) mass is 234 g/mol. The van der Waals surface area contributed by atoms with Crippen molar-refractivity contribution >= 4 is 5.69 Å². The number of ether oxygens (including phenoxy) is 1. The fourth-order valence-corrected chi connectivity index (χ4v) is 2.42. The number of benzene rings is 1. The Morgan fingerprint density at radius 3 is 2.94 bits per heavy atom. The molecule has 94 valence electrons. The maximum absolute atomic E-state index is 5.53. The molecule has 1 saturated heterocycles. The van der Waals surface area contributed by atoms with E-state index in [0.717, 1.165) is 19.8 Å². The number of nitrogens with zero attached hydrogens (tertiary/aromatic N) is 1. The zero-order valence-corrected chi connectivity index (χ0v) is 10.9. The summed E-state index contributed by atoms with van der Waals surface area (Å²) < 4.78 is 5.53. The van der Waals surface area contributed by atoms with Gasteiger partial charge in [-0.1, -0.05) is 12.1 Å². The van der Waals surface area contributed by atoms with Gasteiger partial charge in [0, 0.05) is 31.2 Å². The molecule has 1 aliphatic rings. The number of likely N-dealkylation sites (N-methyl/N-ethyl adjacent to an activating group) is 1. The van der Waals surface area contributed by atoms with E-state index in [0.29, 0.717) is 12.0 Å². The number of hydrogen-bond acceptors (Lipinski definition) is 3. The molecular weight excluding hydrogens is 212 g/mol. The molecule has 0 aromatic heterocycles. The third-order valence-corrected chi connectivity index (χ3v) is 3.52. The van der Waals surface area contributed by atoms with Crippen LogP contribution in [0.4, 0.5) is 5.69 Å². The maximum Gasteiger partial charge on any atom is 0.0623 e. The van der Waals surface area contributed by atoms with E-state index in [1.165, 1.54) is 11.3 Å². The van der Waals surface area contributed by atoms with Crippen LogP contribution in [0.3, 0.4) is 0 Å². The van der Waals surface area contributed by atoms with Gasteiger partial charge in [-0.05, 0) is 31.7 Å². The normalized spacial score (nSPS) is 23.9. The summed E-state index contributed by atoms with van der Waals surface area (Å²) in [7, 11) is 4.17. The Balaban J connectivity index is 1.99. The molecule has 1 aromatic rings. The molecule has 2 unspecified atom stereocenters. The Morgan fingerprint density at radius 1 is 1.41 bits per heavy atom. The van der Waals surface area contributed by atoms with Crippen molar-refractivity contribution in [2.75, 3.05) is 38.8 Å². The minimum absolute atomic E-state index is 0.488. The molecule has 0 radical (unpaired) electrons. The van der Waals surface area contributed by atoms with Gasteiger partial charge in [0.05, 0.1) is 13.2 Å². The van der Waals surface area contributed by atoms with Gasteiger partial charge < -0.3 is 15.0 Å². The summed E-state index contributed by atoms with van der Waals surface area (Å²) in [4.78, 5) is 2.32. The standard InChI is InChI=1S/C14H22N2O/c1-11-5-4-6-13(7-11)16(3)8-12-9-17-10-14(12)15-2/h4-7,12,14-15H,8-10H2,1-3H3. The third-order valence-electron chi connectivity index (χ3n) is 3.52. The Kier molecular flexibility index (Phi) is 4.02. The van der Waals surface area contributed by atoms with E-state index in [1.807, 2.05) is 7.05 Å². The molecule has 0 bridgehead atoms. The summed E-state index contributed by atoms with van der Waals surface area (Å²) in [5.74, 6) is 0.575. The molecule has 3 nitrogen and oxygen atoms in total. The van der Waals surface area contributed by atoms with E-state index in [1.54, 1.807) is 0 Å². The van der Waals surface area contributed by atoms with Gasteiger partial charge in [0.2, 0.25) is 0 Å². The van der Waals surface area contributed by atoms with Crippen molar-refractivity contribution in [2.45, 2.75) is 13.0 Å². The molecule has 2 rings (SSSR count). The van der Waals surface area contributed by atoms with E-state index >= 15 is 0 Å². The topological polar surface area (TPSA) is 24.5 Å². The maximum atomic E-state index is 5.53. The molecule has 1 N–H and O–H groups in total. The highest BCUT2D eigenvalue weighted by Crippen LogP contribution is 2.19. The molecule has 1 fully saturated rings. The summed E-state index contributed by atoms with van der Waals surface area (Å²) in [6.45, 7) is 4.87. The quantitative estimate of drug-likeness (QED) is 0.857. The average molecular weight is 234 g/mol. The van der Waals surface area contributed by atoms with E-state index in [4.69, 9.17) is 4.74 Å². The van der Waals surface area contributed by atoms with Gasteiger partial charge in [0.15, 0.2) is 0 Å². The van der Waals surface area contributed by atoms with Gasteiger partial charge in [0.1, 0.15) is 0 Å². The molecule has 1 heterocycles. The summed E-state index contributed by atoms with van der Waals surface area (Å²) in [6, 6.07) is 9.12. The van der Waals surface area contributed by atoms with E-state index in [-0.39, 0.29) is 0 Å². The molecule has 1 aromatic carbocycles. The second-order valence-electron chi connectivity index (χ2n) is 4.91. The van der Waals surface area contributed by atoms with Crippen LogP contribution >= 0.6 is 0 Å². The van der Waals surface area contributed by atoms with Gasteiger partial charge >= 0.3 is 0 Å². The molecule has 0 amide bonds. The zero-order chi connectivity index (χ0) is 12.3. The molecule has 17 heavy (non-hydrogen) atoms. The minimum Gasteiger partial charge on any atom is -0.379 e. The third kappa shape index (κ3) is 2.99. The second-order valence-corrected chi connectivity index (χ2v) is 4.91. The number of nitrogens with one attached hydrogen (secondary N) is 1. The van der Waals surface area contributed by atoms with Gasteiger partial charge in [-0.2, -0.15) is 0 Å². The highest BCUT2D eigenvalue weighted by molar-refractivity contribution is 5.47. The van der Waals surface area contributed by atoms with E-state index < -0.39 is 0 Å². The van der Waals surface area contributed by atoms with E-state index in [9.17, 15) is 0 Å². The molecule has 0 spiro atoms. The predicted octanol–water partition coefficient (Wildman–Crippen LogP) is 1.67. The van der Waals surface area contributed by atoms with Crippen molar-refractivity contribution in [3.8, 4) is 0 Å². The summed E-state index contributed by atoms with van der Waals surface area (Å²) in [6.07, 6.45) is 0. The van der Waals surface area contributed by atoms with Crippen LogP contribution < -0.4 is 10.2 Å². The largest absolute Gasteiger partial charge is 0.379 e. The molecule has 3 heteroatoms. The lowest BCUT2D eigenvalue weighted by Gasteiger charge is -2.26. The molecular formula is C14H22N2O. The van der Waals surface area contributed by atoms with Crippen molar-refractivity contribution in [3.63, 3.8) is 0 Å². The summed E-state index contributed by atoms with van der Waals surface area (Å²) in [5.41, 5.74) is 2.59. The highest BCUT2D eigenvalue weighted by atomic mass is 16.5. The van der Waals surface area contributed by atoms with Gasteiger partial charge in [-0.3, -0.25) is 0 Å². The second kappa shape index (κ2) is 5.52. The summed E-state index contributed by atoms with van der Waals surface area (Å²) >= 11 is 0. The number of hydrogen-bond donors (Lipinski definition) is 1. The fraction of sp³-hybridized carbons (Fsp3) is 0.571. The van der Waals surface area contributed by atoms with Crippen LogP contribution in [0.1, 0.15) is 5.56 Å². The molecule has 2 atom stereocenters. The van der Waals surface area contributed by atoms with Crippen LogP contribution in [-0.4, -0.2) is 39.9 Å². The van der Waals surface area contributed by atoms with Crippen LogP contribution in [0.15, 0.2) is 24.3 Å². The predicted molar refractivity (Wildman–Crippen MR) is 71.6 cm³/mol. The lowest BCUT2D eigenvalue weighted by atomic mass is 10.0. The first-order valence-electron chi connectivity index (χ1n) is 6.23. The first-order chi connectivity index (χ1) is 8.20. The number of rotatable bonds is 4. The van der Waals surface area contributed by atoms with Crippen LogP contribution in [0.2, 0.25) is 0 Å². The van der Waals surface area contributed by atoms with Gasteiger partial charge in [0.25, 0.3) is 0 Å². The lowest BCUT2D eigenvalue weighted by molar-refractivity contribution is 0.183. The zero-order valence-electron chi connectivity index (χ0n) is 10.9. The van der Waals surface area contributed by atoms with Crippen molar-refractivity contribution in [3.05, 3.63) is 29.8 Å². The fourth-order valence-electron chi connectivity index (χ4n) is 2.42. The molecule has 1 aliphatic heterocycles. The minimum atomic E-state index is 0.488. The average Bonchev–Trinajstić information content (AvgIpc) is 2.76. The SMILES string of the molecule is CNC1COCC1CN(C)c1cccc(C)c1. The van der Waals surface area contributed by atoms with Crippen molar-refractivity contribution < 1.29 is 4.74 Å². The Labute approximate surface area is 104 Å². The van der Waals surface area contributed by atoms with Crippen molar-refractivity contribution in [1.82, 2.24) is 5.32 Å². The van der Waals surface area contributed by atoms with Gasteiger partial charge in [-0.15, -0.1) is 0 Å². The van der Waals surface area contributed by atoms with Crippen LogP contribution in [0, 0.1) is 12.8 Å². The Hall–Kier alpha value is -1.06. The highest BCUT2D eigenvalue weighted by Gasteiger charge is 2.27. The van der Waals surface area contributed by atoms with Crippen molar-refractivity contribution in [2.24, 2.45) is 5.92 Å². The smallest absolute Gasteiger partial charge is 0.0623 e. The molecule has 0 aliphatic carbocycles. The number of aryl methyl sites for hydroxylation is 1. The van der Waals surface area contributed by atoms with Crippen LogP contribution in [0.25, 0.3) is 0 Å². The van der Waals surface area contributed by atoms with Gasteiger partial charge in [-0.25, -0.2) is 0 Å². The van der Waals surface area contributed by atoms with Crippen LogP contribution in [-0.2, 0) is 4.74 Å². The van der Waals surface area contributed by atoms with E-state index in [2.05, 4.69) is 48.5 Å². The lowest BCUT2D eigenvalue weighted by Crippen LogP contribution is -2.39. The first-order valence-corrected chi connectivity index (χ1v) is 6.23. The number of anilines is 1. The Morgan fingerprint density at radius 2 is 2.24 bits per heavy atom.